The molecule has 0 bridgehead atoms. The van der Waals surface area contributed by atoms with Gasteiger partial charge in [0.05, 0.1) is 0 Å². The lowest BCUT2D eigenvalue weighted by Crippen LogP contribution is -2.21. The van der Waals surface area contributed by atoms with E-state index in [1.54, 1.807) is 19.9 Å². The fraction of sp³-hybridized carbons (Fsp3) is 0.286. The Balaban J connectivity index is 1.96. The molecule has 3 heteroatoms. The van der Waals surface area contributed by atoms with E-state index in [0.717, 1.165) is 0 Å². The molecule has 0 spiro atoms. The number of nitrogens with one attached hydrogen (secondary N) is 1. The number of rotatable bonds is 5. The summed E-state index contributed by atoms with van der Waals surface area (Å²) < 4.78 is 0. The number of carboxylic acids is 1. The van der Waals surface area contributed by atoms with Crippen molar-refractivity contribution in [2.45, 2.75) is 26.8 Å². The molecule has 0 saturated carbocycles. The van der Waals surface area contributed by atoms with Gasteiger partial charge in [0.1, 0.15) is 5.41 Å². The molecule has 0 amide bonds. The van der Waals surface area contributed by atoms with Gasteiger partial charge in [-0.3, -0.25) is 4.79 Å². The Hall–Kier alpha value is -2.57. The lowest BCUT2D eigenvalue weighted by molar-refractivity contribution is -0.143. The van der Waals surface area contributed by atoms with Gasteiger partial charge in [-0.15, -0.1) is 0 Å². The lowest BCUT2D eigenvalue weighted by Gasteiger charge is -2.15. The maximum absolute atomic E-state index is 11.0. The summed E-state index contributed by atoms with van der Waals surface area (Å²) in [4.78, 5) is 11.0. The molecule has 3 nitrogen and oxygen atoms in total. The van der Waals surface area contributed by atoms with Crippen molar-refractivity contribution in [3.63, 3.8) is 0 Å². The molecule has 0 aromatic heterocycles. The van der Waals surface area contributed by atoms with Crippen molar-refractivity contribution in [1.82, 2.24) is 5.32 Å². The predicted molar refractivity (Wildman–Crippen MR) is 98.7 cm³/mol. The zero-order valence-electron chi connectivity index (χ0n) is 14.3. The highest BCUT2D eigenvalue weighted by Gasteiger charge is 2.23. The van der Waals surface area contributed by atoms with Gasteiger partial charge in [0.15, 0.2) is 0 Å². The minimum atomic E-state index is -1.02. The van der Waals surface area contributed by atoms with Gasteiger partial charge in [0.25, 0.3) is 0 Å². The van der Waals surface area contributed by atoms with E-state index >= 15 is 0 Å². The summed E-state index contributed by atoms with van der Waals surface area (Å²) in [7, 11) is 0. The SMILES string of the molecule is CC(NC/C=C/C#CC(C)(C)C(=O)O)c1cccc2ccccc12. The molecule has 2 aromatic rings. The first-order valence-corrected chi connectivity index (χ1v) is 8.04. The van der Waals surface area contributed by atoms with Crippen LogP contribution in [-0.2, 0) is 4.79 Å². The van der Waals surface area contributed by atoms with E-state index in [4.69, 9.17) is 5.11 Å². The maximum atomic E-state index is 11.0. The van der Waals surface area contributed by atoms with Gasteiger partial charge in [-0.25, -0.2) is 0 Å². The number of aliphatic carboxylic acids is 1. The topological polar surface area (TPSA) is 49.3 Å². The van der Waals surface area contributed by atoms with E-state index in [1.807, 2.05) is 12.1 Å². The molecule has 2 rings (SSSR count). The summed E-state index contributed by atoms with van der Waals surface area (Å²) in [6, 6.07) is 14.9. The van der Waals surface area contributed by atoms with E-state index in [2.05, 4.69) is 60.5 Å². The van der Waals surface area contributed by atoms with Crippen LogP contribution in [0, 0.1) is 17.3 Å². The third kappa shape index (κ3) is 4.47. The third-order valence-electron chi connectivity index (χ3n) is 3.95. The fourth-order valence-electron chi connectivity index (χ4n) is 2.38. The van der Waals surface area contributed by atoms with Crippen LogP contribution in [0.25, 0.3) is 10.8 Å². The fourth-order valence-corrected chi connectivity index (χ4v) is 2.38. The smallest absolute Gasteiger partial charge is 0.321 e. The van der Waals surface area contributed by atoms with E-state index in [0.29, 0.717) is 6.54 Å². The van der Waals surface area contributed by atoms with Crippen LogP contribution < -0.4 is 5.32 Å². The van der Waals surface area contributed by atoms with Crippen molar-refractivity contribution in [3.05, 3.63) is 60.2 Å². The highest BCUT2D eigenvalue weighted by atomic mass is 16.4. The molecule has 2 N–H and O–H groups in total. The lowest BCUT2D eigenvalue weighted by atomic mass is 9.95. The van der Waals surface area contributed by atoms with E-state index < -0.39 is 11.4 Å². The minimum absolute atomic E-state index is 0.212. The molecule has 24 heavy (non-hydrogen) atoms. The molecular formula is C21H23NO2. The van der Waals surface area contributed by atoms with Gasteiger partial charge in [-0.1, -0.05) is 60.4 Å². The number of carbonyl (C=O) groups is 1. The Morgan fingerprint density at radius 1 is 1.25 bits per heavy atom. The molecule has 0 fully saturated rings. The Bertz CT molecular complexity index is 804. The average Bonchev–Trinajstić information content (AvgIpc) is 2.57. The monoisotopic (exact) mass is 321 g/mol. The Labute approximate surface area is 143 Å². The highest BCUT2D eigenvalue weighted by Crippen LogP contribution is 2.23. The summed E-state index contributed by atoms with van der Waals surface area (Å²) in [5.41, 5.74) is 0.244. The van der Waals surface area contributed by atoms with Gasteiger partial charge in [-0.2, -0.15) is 0 Å². The van der Waals surface area contributed by atoms with Crippen LogP contribution in [0.1, 0.15) is 32.4 Å². The Morgan fingerprint density at radius 2 is 1.96 bits per heavy atom. The average molecular weight is 321 g/mol. The first-order valence-electron chi connectivity index (χ1n) is 8.04. The van der Waals surface area contributed by atoms with Crippen LogP contribution in [0.2, 0.25) is 0 Å². The molecule has 0 aliphatic heterocycles. The second-order valence-corrected chi connectivity index (χ2v) is 6.30. The standard InChI is InChI=1S/C21H23NO2/c1-16(18-13-9-11-17-10-5-6-12-19(17)18)22-15-8-4-7-14-21(2,3)20(23)24/h4-6,8-13,16,22H,15H2,1-3H3,(H,23,24)/b8-4+. The summed E-state index contributed by atoms with van der Waals surface area (Å²) in [5.74, 6) is 4.63. The van der Waals surface area contributed by atoms with Crippen molar-refractivity contribution in [3.8, 4) is 11.8 Å². The largest absolute Gasteiger partial charge is 0.480 e. The Morgan fingerprint density at radius 3 is 2.71 bits per heavy atom. The summed E-state index contributed by atoms with van der Waals surface area (Å²) in [6.07, 6.45) is 3.61. The molecule has 0 saturated heterocycles. The van der Waals surface area contributed by atoms with Gasteiger partial charge >= 0.3 is 5.97 Å². The number of benzene rings is 2. The molecular weight excluding hydrogens is 298 g/mol. The van der Waals surface area contributed by atoms with Crippen molar-refractivity contribution < 1.29 is 9.90 Å². The second-order valence-electron chi connectivity index (χ2n) is 6.30. The zero-order chi connectivity index (χ0) is 17.6. The molecule has 2 aromatic carbocycles. The molecule has 0 aliphatic rings. The number of hydrogen-bond acceptors (Lipinski definition) is 2. The van der Waals surface area contributed by atoms with Crippen LogP contribution in [-0.4, -0.2) is 17.6 Å². The first kappa shape index (κ1) is 17.8. The number of carboxylic acid groups (broad SMARTS) is 1. The molecule has 0 heterocycles. The molecule has 1 unspecified atom stereocenters. The minimum Gasteiger partial charge on any atom is -0.480 e. The predicted octanol–water partition coefficient (Wildman–Crippen LogP) is 4.16. The molecule has 0 radical (unpaired) electrons. The highest BCUT2D eigenvalue weighted by molar-refractivity contribution is 5.86. The first-order chi connectivity index (χ1) is 11.4. The molecule has 0 aliphatic carbocycles. The van der Waals surface area contributed by atoms with E-state index in [-0.39, 0.29) is 6.04 Å². The summed E-state index contributed by atoms with van der Waals surface area (Å²) in [6.45, 7) is 6.00. The van der Waals surface area contributed by atoms with Crippen LogP contribution in [0.4, 0.5) is 0 Å². The molecule has 1 atom stereocenters. The quantitative estimate of drug-likeness (QED) is 0.813. The van der Waals surface area contributed by atoms with Crippen LogP contribution >= 0.6 is 0 Å². The summed E-state index contributed by atoms with van der Waals surface area (Å²) >= 11 is 0. The van der Waals surface area contributed by atoms with Gasteiger partial charge in [-0.05, 0) is 43.2 Å². The van der Waals surface area contributed by atoms with Crippen molar-refractivity contribution in [2.75, 3.05) is 6.54 Å². The van der Waals surface area contributed by atoms with Gasteiger partial charge in [0, 0.05) is 12.6 Å². The van der Waals surface area contributed by atoms with Crippen molar-refractivity contribution in [2.24, 2.45) is 5.41 Å². The third-order valence-corrected chi connectivity index (χ3v) is 3.95. The zero-order valence-corrected chi connectivity index (χ0v) is 14.3. The summed E-state index contributed by atoms with van der Waals surface area (Å²) in [5, 5.41) is 14.9. The Kier molecular flexibility index (Phi) is 5.78. The normalized spacial score (nSPS) is 12.8. The number of hydrogen-bond donors (Lipinski definition) is 2. The van der Waals surface area contributed by atoms with Crippen molar-refractivity contribution in [1.29, 1.82) is 0 Å². The van der Waals surface area contributed by atoms with Crippen molar-refractivity contribution >= 4 is 16.7 Å². The maximum Gasteiger partial charge on any atom is 0.321 e. The van der Waals surface area contributed by atoms with Crippen LogP contribution in [0.3, 0.4) is 0 Å². The number of fused-ring (bicyclic) bond motifs is 1. The van der Waals surface area contributed by atoms with Gasteiger partial charge in [0.2, 0.25) is 0 Å². The van der Waals surface area contributed by atoms with E-state index in [9.17, 15) is 4.79 Å². The second kappa shape index (κ2) is 7.81. The van der Waals surface area contributed by atoms with Crippen LogP contribution in [0.5, 0.6) is 0 Å². The van der Waals surface area contributed by atoms with Gasteiger partial charge < -0.3 is 10.4 Å². The van der Waals surface area contributed by atoms with E-state index in [1.165, 1.54) is 16.3 Å². The molecule has 124 valence electrons. The number of allylic oxidation sites excluding steroid dienone is 1. The van der Waals surface area contributed by atoms with Crippen LogP contribution in [0.15, 0.2) is 54.6 Å².